The van der Waals surface area contributed by atoms with Gasteiger partial charge in [0.1, 0.15) is 0 Å². The third kappa shape index (κ3) is 4.72. The van der Waals surface area contributed by atoms with Crippen molar-refractivity contribution in [2.24, 2.45) is 5.92 Å². The van der Waals surface area contributed by atoms with E-state index in [0.717, 1.165) is 12.8 Å². The number of hydrogen-bond acceptors (Lipinski definition) is 2. The average Bonchev–Trinajstić information content (AvgIpc) is 2.06. The predicted octanol–water partition coefficient (Wildman–Crippen LogP) is 1.36. The second-order valence-corrected chi connectivity index (χ2v) is 5.03. The Morgan fingerprint density at radius 2 is 1.67 bits per heavy atom. The highest BCUT2D eigenvalue weighted by Gasteiger charge is 2.09. The van der Waals surface area contributed by atoms with E-state index < -0.39 is 10.0 Å². The van der Waals surface area contributed by atoms with Crippen LogP contribution < -0.4 is 4.72 Å². The van der Waals surface area contributed by atoms with Crippen molar-refractivity contribution >= 4 is 10.0 Å². The molecule has 0 radical (unpaired) electrons. The molecule has 0 unspecified atom stereocenters. The van der Waals surface area contributed by atoms with E-state index in [0.29, 0.717) is 12.5 Å². The molecule has 0 aromatic rings. The van der Waals surface area contributed by atoms with Crippen LogP contribution in [0.2, 0.25) is 0 Å². The van der Waals surface area contributed by atoms with Crippen molar-refractivity contribution in [1.82, 2.24) is 4.72 Å². The van der Waals surface area contributed by atoms with Gasteiger partial charge in [-0.1, -0.05) is 26.7 Å². The molecular formula is C8H19NO2S. The van der Waals surface area contributed by atoms with Crippen LogP contribution in [0.4, 0.5) is 0 Å². The Kier molecular flexibility index (Phi) is 5.50. The molecule has 0 rings (SSSR count). The summed E-state index contributed by atoms with van der Waals surface area (Å²) in [6.45, 7) is 6.39. The molecule has 4 heteroatoms. The third-order valence-electron chi connectivity index (χ3n) is 2.13. The molecule has 0 atom stereocenters. The Labute approximate surface area is 75.6 Å². The number of hydrogen-bond donors (Lipinski definition) is 1. The maximum atomic E-state index is 11.0. The lowest BCUT2D eigenvalue weighted by molar-refractivity contribution is 0.479. The summed E-state index contributed by atoms with van der Waals surface area (Å²) in [5.74, 6) is 0.652. The molecule has 0 saturated heterocycles. The minimum Gasteiger partial charge on any atom is -0.215 e. The number of nitrogens with one attached hydrogen (secondary N) is 1. The molecule has 0 saturated carbocycles. The maximum Gasteiger partial charge on any atom is 0.211 e. The summed E-state index contributed by atoms with van der Waals surface area (Å²) in [7, 11) is -2.98. The molecular weight excluding hydrogens is 174 g/mol. The van der Waals surface area contributed by atoms with E-state index in [1.165, 1.54) is 0 Å². The third-order valence-corrected chi connectivity index (χ3v) is 3.49. The Bertz CT molecular complexity index is 195. The molecule has 0 fully saturated rings. The van der Waals surface area contributed by atoms with E-state index >= 15 is 0 Å². The molecule has 1 N–H and O–H groups in total. The molecule has 12 heavy (non-hydrogen) atoms. The molecule has 0 aliphatic rings. The number of sulfonamides is 1. The van der Waals surface area contributed by atoms with Crippen molar-refractivity contribution in [2.75, 3.05) is 12.3 Å². The van der Waals surface area contributed by atoms with Gasteiger partial charge in [-0.15, -0.1) is 0 Å². The van der Waals surface area contributed by atoms with Gasteiger partial charge in [-0.05, 0) is 12.8 Å². The Balaban J connectivity index is 3.81. The van der Waals surface area contributed by atoms with Crippen LogP contribution in [0.3, 0.4) is 0 Å². The van der Waals surface area contributed by atoms with Crippen LogP contribution in [-0.2, 0) is 10.0 Å². The van der Waals surface area contributed by atoms with Gasteiger partial charge < -0.3 is 0 Å². The summed E-state index contributed by atoms with van der Waals surface area (Å²) in [6, 6.07) is 0. The highest BCUT2D eigenvalue weighted by molar-refractivity contribution is 7.89. The van der Waals surface area contributed by atoms with E-state index in [1.54, 1.807) is 6.92 Å². The molecule has 0 spiro atoms. The summed E-state index contributed by atoms with van der Waals surface area (Å²) >= 11 is 0. The van der Waals surface area contributed by atoms with Crippen molar-refractivity contribution in [3.8, 4) is 0 Å². The van der Waals surface area contributed by atoms with Crippen molar-refractivity contribution < 1.29 is 8.42 Å². The van der Waals surface area contributed by atoms with Gasteiger partial charge in [-0.3, -0.25) is 0 Å². The Morgan fingerprint density at radius 3 is 2.00 bits per heavy atom. The normalized spacial score (nSPS) is 12.3. The lowest BCUT2D eigenvalue weighted by Gasteiger charge is -2.12. The zero-order valence-corrected chi connectivity index (χ0v) is 8.95. The van der Waals surface area contributed by atoms with E-state index in [9.17, 15) is 8.42 Å². The first kappa shape index (κ1) is 11.9. The summed E-state index contributed by atoms with van der Waals surface area (Å²) in [6.07, 6.45) is 2.06. The zero-order valence-electron chi connectivity index (χ0n) is 8.13. The molecule has 0 bridgehead atoms. The lowest BCUT2D eigenvalue weighted by Crippen LogP contribution is -2.30. The molecule has 0 aromatic heterocycles. The highest BCUT2D eigenvalue weighted by Crippen LogP contribution is 2.05. The first-order valence-electron chi connectivity index (χ1n) is 4.53. The second-order valence-electron chi connectivity index (χ2n) is 2.93. The molecule has 0 aliphatic carbocycles. The molecule has 0 aromatic carbocycles. The van der Waals surface area contributed by atoms with Gasteiger partial charge >= 0.3 is 0 Å². The van der Waals surface area contributed by atoms with Crippen LogP contribution in [0, 0.1) is 5.92 Å². The Morgan fingerprint density at radius 1 is 1.17 bits per heavy atom. The minimum atomic E-state index is -2.98. The Hall–Kier alpha value is -0.0900. The fraction of sp³-hybridized carbons (Fsp3) is 1.00. The van der Waals surface area contributed by atoms with Crippen LogP contribution in [0.15, 0.2) is 0 Å². The van der Waals surface area contributed by atoms with E-state index in [1.807, 2.05) is 0 Å². The van der Waals surface area contributed by atoms with Crippen LogP contribution in [0.25, 0.3) is 0 Å². The second kappa shape index (κ2) is 5.54. The van der Waals surface area contributed by atoms with Crippen molar-refractivity contribution in [3.63, 3.8) is 0 Å². The first-order valence-corrected chi connectivity index (χ1v) is 6.18. The molecule has 0 heterocycles. The van der Waals surface area contributed by atoms with Crippen molar-refractivity contribution in [3.05, 3.63) is 0 Å². The molecule has 3 nitrogen and oxygen atoms in total. The van der Waals surface area contributed by atoms with Crippen LogP contribution in [0.1, 0.15) is 33.6 Å². The van der Waals surface area contributed by atoms with Gasteiger partial charge in [-0.2, -0.15) is 0 Å². The fourth-order valence-electron chi connectivity index (χ4n) is 0.924. The van der Waals surface area contributed by atoms with Crippen LogP contribution in [0.5, 0.6) is 0 Å². The van der Waals surface area contributed by atoms with Gasteiger partial charge in [0, 0.05) is 6.54 Å². The van der Waals surface area contributed by atoms with Gasteiger partial charge in [-0.25, -0.2) is 13.1 Å². The zero-order chi connectivity index (χ0) is 9.61. The average molecular weight is 193 g/mol. The molecule has 0 amide bonds. The van der Waals surface area contributed by atoms with Gasteiger partial charge in [0.15, 0.2) is 0 Å². The monoisotopic (exact) mass is 193 g/mol. The quantitative estimate of drug-likeness (QED) is 0.692. The summed E-state index contributed by atoms with van der Waals surface area (Å²) in [5.41, 5.74) is 0. The largest absolute Gasteiger partial charge is 0.215 e. The highest BCUT2D eigenvalue weighted by atomic mass is 32.2. The van der Waals surface area contributed by atoms with Crippen LogP contribution >= 0.6 is 0 Å². The summed E-state index contributed by atoms with van der Waals surface area (Å²) < 4.78 is 24.6. The van der Waals surface area contributed by atoms with E-state index in [-0.39, 0.29) is 5.75 Å². The topological polar surface area (TPSA) is 46.2 Å². The van der Waals surface area contributed by atoms with Crippen LogP contribution in [-0.4, -0.2) is 20.7 Å². The summed E-state index contributed by atoms with van der Waals surface area (Å²) in [4.78, 5) is 0. The van der Waals surface area contributed by atoms with Crippen molar-refractivity contribution in [1.29, 1.82) is 0 Å². The van der Waals surface area contributed by atoms with Crippen molar-refractivity contribution in [2.45, 2.75) is 33.6 Å². The van der Waals surface area contributed by atoms with E-state index in [2.05, 4.69) is 18.6 Å². The smallest absolute Gasteiger partial charge is 0.211 e. The lowest BCUT2D eigenvalue weighted by atomic mass is 10.0. The maximum absolute atomic E-state index is 11.0. The fourth-order valence-corrected chi connectivity index (χ4v) is 1.62. The standard InChI is InChI=1S/C8H19NO2S/c1-4-8(5-2)7-9-12(10,11)6-3/h8-9H,4-7H2,1-3H3. The minimum absolute atomic E-state index is 0.174. The van der Waals surface area contributed by atoms with Gasteiger partial charge in [0.05, 0.1) is 5.75 Å². The SMILES string of the molecule is CCC(CC)CNS(=O)(=O)CC. The number of rotatable bonds is 6. The van der Waals surface area contributed by atoms with E-state index in [4.69, 9.17) is 0 Å². The molecule has 74 valence electrons. The van der Waals surface area contributed by atoms with Gasteiger partial charge in [0.2, 0.25) is 10.0 Å². The predicted molar refractivity (Wildman–Crippen MR) is 51.5 cm³/mol. The van der Waals surface area contributed by atoms with Gasteiger partial charge in [0.25, 0.3) is 0 Å². The molecule has 0 aliphatic heterocycles. The summed E-state index contributed by atoms with van der Waals surface area (Å²) in [5, 5.41) is 0. The first-order chi connectivity index (χ1) is 5.55.